The summed E-state index contributed by atoms with van der Waals surface area (Å²) in [7, 11) is 10.4. The number of hydrogen-bond acceptors (Lipinski definition) is 2. The molecule has 0 spiro atoms. The molecule has 0 fully saturated rings. The molecule has 0 aliphatic carbocycles. The first-order valence-electron chi connectivity index (χ1n) is 8.29. The average Bonchev–Trinajstić information content (AvgIpc) is 2.33. The van der Waals surface area contributed by atoms with Gasteiger partial charge in [-0.2, -0.15) is 0 Å². The first-order valence-corrected chi connectivity index (χ1v) is 8.29. The normalized spacial score (nSPS) is 13.3. The van der Waals surface area contributed by atoms with E-state index in [1.165, 1.54) is 0 Å². The van der Waals surface area contributed by atoms with E-state index in [1.54, 1.807) is 6.92 Å². The maximum atomic E-state index is 11.7. The van der Waals surface area contributed by atoms with Crippen molar-refractivity contribution in [3.05, 3.63) is 25.3 Å². The summed E-state index contributed by atoms with van der Waals surface area (Å²) in [5.41, 5.74) is -0.477. The Bertz CT molecular complexity index is 433. The van der Waals surface area contributed by atoms with E-state index in [0.717, 1.165) is 0 Å². The number of carbonyl (C=O) groups excluding carboxylic acids is 1. The molecule has 1 unspecified atom stereocenters. The van der Waals surface area contributed by atoms with Crippen LogP contribution in [0.5, 0.6) is 0 Å². The Labute approximate surface area is 171 Å². The number of quaternary nitrogens is 2. The minimum Gasteiger partial charge on any atom is -0.379 e. The summed E-state index contributed by atoms with van der Waals surface area (Å²) in [6.07, 6.45) is 0. The number of hydrogen-bond donors (Lipinski definition) is 2. The molecule has 5 heteroatoms. The zero-order valence-corrected chi connectivity index (χ0v) is 17.5. The van der Waals surface area contributed by atoms with E-state index in [1.807, 2.05) is 6.92 Å². The van der Waals surface area contributed by atoms with E-state index in [-0.39, 0.29) is 33.7 Å². The molecule has 0 aliphatic rings. The van der Waals surface area contributed by atoms with E-state index in [0.29, 0.717) is 34.2 Å². The van der Waals surface area contributed by atoms with Crippen LogP contribution in [-0.4, -0.2) is 86.0 Å². The van der Waals surface area contributed by atoms with Gasteiger partial charge in [0.25, 0.3) is 0 Å². The molecule has 0 rings (SSSR count). The third kappa shape index (κ3) is 14.5. The van der Waals surface area contributed by atoms with Crippen LogP contribution in [0.3, 0.4) is 0 Å². The van der Waals surface area contributed by atoms with Crippen LogP contribution >= 0.6 is 0 Å². The van der Waals surface area contributed by atoms with Crippen LogP contribution in [-0.2, 0) is 4.79 Å². The van der Waals surface area contributed by atoms with Crippen molar-refractivity contribution in [1.82, 2.24) is 5.32 Å². The molecule has 1 atom stereocenters. The number of carbonyl (C=O) groups is 1. The van der Waals surface area contributed by atoms with Gasteiger partial charge in [0.2, 0.25) is 5.91 Å². The molecule has 0 radical (unpaired) electrons. The Morgan fingerprint density at radius 3 is 1.63 bits per heavy atom. The predicted octanol–water partition coefficient (Wildman–Crippen LogP) is 3.70. The van der Waals surface area contributed by atoms with Gasteiger partial charge in [-0.3, -0.25) is 4.79 Å². The summed E-state index contributed by atoms with van der Waals surface area (Å²) in [5.74, 6) is -0.119. The molecule has 5 nitrogen and oxygen atoms in total. The smallest absolute Gasteiger partial charge is 0.246 e. The van der Waals surface area contributed by atoms with E-state index in [4.69, 9.17) is 0 Å². The second-order valence-electron chi connectivity index (χ2n) is 9.06. The highest BCUT2D eigenvalue weighted by Crippen LogP contribution is 2.24. The fourth-order valence-corrected chi connectivity index (χ4v) is 2.80. The molecule has 1 amide bonds. The third-order valence-corrected chi connectivity index (χ3v) is 4.26. The second-order valence-corrected chi connectivity index (χ2v) is 9.06. The lowest BCUT2D eigenvalue weighted by molar-refractivity contribution is -0.948. The molecule has 0 saturated heterocycles. The Morgan fingerprint density at radius 1 is 0.963 bits per heavy atom. The van der Waals surface area contributed by atoms with Gasteiger partial charge in [-0.1, -0.05) is 28.9 Å². The molecule has 0 saturated carbocycles. The average molecular weight is 392 g/mol. The number of nitrogens with zero attached hydrogens (tertiary/aromatic N) is 2. The molecule has 27 heavy (non-hydrogen) atoms. The van der Waals surface area contributed by atoms with Crippen LogP contribution in [0.15, 0.2) is 25.3 Å². The van der Waals surface area contributed by atoms with Gasteiger partial charge in [-0.05, 0) is 27.7 Å². The molecule has 0 aliphatic heterocycles. The van der Waals surface area contributed by atoms with Crippen LogP contribution in [0.25, 0.3) is 0 Å². The number of nitrogens with one attached hydrogen (secondary N) is 1. The Hall–Kier alpha value is -1.17. The predicted molar refractivity (Wildman–Crippen MR) is 124 cm³/mol. The summed E-state index contributed by atoms with van der Waals surface area (Å²) in [4.78, 5) is 11.7. The minimum absolute atomic E-state index is 0. The van der Waals surface area contributed by atoms with Crippen LogP contribution in [0.2, 0.25) is 0 Å². The topological polar surface area (TPSA) is 49.3 Å². The highest BCUT2D eigenvalue weighted by atomic mass is 16.3. The van der Waals surface area contributed by atoms with E-state index >= 15 is 0 Å². The van der Waals surface area contributed by atoms with Gasteiger partial charge in [-0.25, -0.2) is 0 Å². The lowest BCUT2D eigenvalue weighted by Crippen LogP contribution is -2.66. The molecular formula is C22H53N3O2+2. The fraction of sp³-hybridized carbons (Fsp3) is 0.773. The Kier molecular flexibility index (Phi) is 17.8. The van der Waals surface area contributed by atoms with Crippen molar-refractivity contribution in [2.24, 2.45) is 0 Å². The van der Waals surface area contributed by atoms with E-state index < -0.39 is 5.60 Å². The number of rotatable bonds is 8. The van der Waals surface area contributed by atoms with Gasteiger partial charge in [0.1, 0.15) is 18.6 Å². The van der Waals surface area contributed by atoms with E-state index in [2.05, 4.69) is 74.1 Å². The minimum atomic E-state index is -0.780. The lowest BCUT2D eigenvalue weighted by Gasteiger charge is -2.48. The van der Waals surface area contributed by atoms with Crippen LogP contribution in [0.4, 0.5) is 0 Å². The number of amides is 1. The highest BCUT2D eigenvalue weighted by molar-refractivity contribution is 5.92. The van der Waals surface area contributed by atoms with Gasteiger partial charge >= 0.3 is 0 Å². The van der Waals surface area contributed by atoms with Gasteiger partial charge in [0.15, 0.2) is 5.60 Å². The van der Waals surface area contributed by atoms with Crippen molar-refractivity contribution in [2.45, 2.75) is 61.1 Å². The standard InChI is InChI=1S/C17H36N3O2.C2H4.3CH4/c1-14(2)15(21)18-11-16(3,4)20(9,10)13-17(5,22)12-19(6,7)8;1-2;;;/h22H,1,11-13H2,2-10H3;1-2H2;3*1H4/q+1;;;;/p+1. The molecule has 0 heterocycles. The maximum absolute atomic E-state index is 11.7. The Balaban J connectivity index is -0.000000311. The quantitative estimate of drug-likeness (QED) is 0.376. The Morgan fingerprint density at radius 2 is 1.33 bits per heavy atom. The van der Waals surface area contributed by atoms with Gasteiger partial charge in [0.05, 0.1) is 41.8 Å². The largest absolute Gasteiger partial charge is 0.379 e. The summed E-state index contributed by atoms with van der Waals surface area (Å²) >= 11 is 0. The molecular weight excluding hydrogens is 338 g/mol. The van der Waals surface area contributed by atoms with Gasteiger partial charge < -0.3 is 19.4 Å². The van der Waals surface area contributed by atoms with E-state index in [9.17, 15) is 9.90 Å². The van der Waals surface area contributed by atoms with Gasteiger partial charge in [-0.15, -0.1) is 13.2 Å². The summed E-state index contributed by atoms with van der Waals surface area (Å²) in [6, 6.07) is 0. The molecule has 2 N–H and O–H groups in total. The molecule has 0 aromatic rings. The number of likely N-dealkylation sites (N-methyl/N-ethyl adjacent to an activating group) is 2. The van der Waals surface area contributed by atoms with Crippen molar-refractivity contribution >= 4 is 5.91 Å². The van der Waals surface area contributed by atoms with Crippen molar-refractivity contribution < 1.29 is 18.9 Å². The first-order chi connectivity index (χ1) is 10.5. The molecule has 0 aromatic carbocycles. The van der Waals surface area contributed by atoms with Gasteiger partial charge in [0, 0.05) is 5.57 Å². The maximum Gasteiger partial charge on any atom is 0.246 e. The van der Waals surface area contributed by atoms with Crippen LogP contribution in [0, 0.1) is 0 Å². The lowest BCUT2D eigenvalue weighted by atomic mass is 9.95. The highest BCUT2D eigenvalue weighted by Gasteiger charge is 2.43. The second kappa shape index (κ2) is 13.1. The summed E-state index contributed by atoms with van der Waals surface area (Å²) in [6.45, 7) is 19.3. The molecule has 0 aromatic heterocycles. The molecule has 0 bridgehead atoms. The van der Waals surface area contributed by atoms with Crippen LogP contribution in [0.1, 0.15) is 50.0 Å². The first kappa shape index (κ1) is 36.7. The zero-order chi connectivity index (χ0) is 20.0. The SMILES string of the molecule is C.C.C.C=C.C=C(C)C(=O)NCC(C)(C)[N+](C)(C)CC(C)(O)C[N+](C)(C)C. The monoisotopic (exact) mass is 391 g/mol. The summed E-state index contributed by atoms with van der Waals surface area (Å²) in [5, 5.41) is 13.7. The van der Waals surface area contributed by atoms with Crippen molar-refractivity contribution in [3.8, 4) is 0 Å². The number of aliphatic hydroxyl groups is 1. The third-order valence-electron chi connectivity index (χ3n) is 4.26. The van der Waals surface area contributed by atoms with Crippen molar-refractivity contribution in [2.75, 3.05) is 54.9 Å². The zero-order valence-electron chi connectivity index (χ0n) is 17.5. The van der Waals surface area contributed by atoms with Crippen LogP contribution < -0.4 is 5.32 Å². The fourth-order valence-electron chi connectivity index (χ4n) is 2.80. The summed E-state index contributed by atoms with van der Waals surface area (Å²) < 4.78 is 1.32. The molecule has 166 valence electrons. The van der Waals surface area contributed by atoms with Crippen molar-refractivity contribution in [3.63, 3.8) is 0 Å². The van der Waals surface area contributed by atoms with Crippen molar-refractivity contribution in [1.29, 1.82) is 0 Å².